The molecule has 5 heteroatoms. The van der Waals surface area contributed by atoms with E-state index in [4.69, 9.17) is 32.7 Å². The van der Waals surface area contributed by atoms with Crippen molar-refractivity contribution in [2.75, 3.05) is 20.3 Å². The number of benzene rings is 2. The molecule has 0 aliphatic carbocycles. The number of ether oxygens (including phenoxy) is 2. The number of rotatable bonds is 3. The summed E-state index contributed by atoms with van der Waals surface area (Å²) in [5.74, 6) is 1.54. The van der Waals surface area contributed by atoms with Gasteiger partial charge in [0.25, 0.3) is 0 Å². The molecule has 0 bridgehead atoms. The highest BCUT2D eigenvalue weighted by Gasteiger charge is 2.20. The Kier molecular flexibility index (Phi) is 4.24. The van der Waals surface area contributed by atoms with E-state index in [0.717, 1.165) is 22.6 Å². The second-order valence-electron chi connectivity index (χ2n) is 4.77. The maximum Gasteiger partial charge on any atom is 0.161 e. The van der Waals surface area contributed by atoms with Gasteiger partial charge in [-0.1, -0.05) is 41.4 Å². The number of fused-ring (bicyclic) bond motifs is 1. The molecule has 1 aliphatic heterocycles. The first kappa shape index (κ1) is 14.5. The predicted molar refractivity (Wildman–Crippen MR) is 84.8 cm³/mol. The van der Waals surface area contributed by atoms with Crippen LogP contribution in [0.1, 0.15) is 17.2 Å². The summed E-state index contributed by atoms with van der Waals surface area (Å²) in [4.78, 5) is 0. The van der Waals surface area contributed by atoms with E-state index in [1.54, 1.807) is 6.07 Å². The molecule has 1 unspecified atom stereocenters. The summed E-state index contributed by atoms with van der Waals surface area (Å²) in [5, 5.41) is 4.38. The van der Waals surface area contributed by atoms with Crippen LogP contribution in [0.4, 0.5) is 0 Å². The molecule has 110 valence electrons. The van der Waals surface area contributed by atoms with Gasteiger partial charge in [0.1, 0.15) is 13.2 Å². The lowest BCUT2D eigenvalue weighted by atomic mass is 9.98. The lowest BCUT2D eigenvalue weighted by Crippen LogP contribution is -2.20. The normalized spacial score (nSPS) is 14.8. The van der Waals surface area contributed by atoms with Gasteiger partial charge in [0.15, 0.2) is 11.5 Å². The second-order valence-corrected chi connectivity index (χ2v) is 5.55. The Bertz CT molecular complexity index is 661. The molecule has 0 fully saturated rings. The third-order valence-corrected chi connectivity index (χ3v) is 4.31. The molecule has 3 nitrogen and oxygen atoms in total. The Morgan fingerprint density at radius 3 is 2.57 bits per heavy atom. The molecule has 0 saturated heterocycles. The van der Waals surface area contributed by atoms with Crippen LogP contribution < -0.4 is 14.8 Å². The molecular formula is C16H15Cl2NO2. The van der Waals surface area contributed by atoms with Crippen LogP contribution in [0.5, 0.6) is 11.5 Å². The molecule has 0 aromatic heterocycles. The zero-order chi connectivity index (χ0) is 14.8. The van der Waals surface area contributed by atoms with Crippen LogP contribution in [-0.4, -0.2) is 20.3 Å². The van der Waals surface area contributed by atoms with Gasteiger partial charge in [0.05, 0.1) is 16.1 Å². The third-order valence-electron chi connectivity index (χ3n) is 3.48. The molecule has 2 aromatic rings. The molecule has 1 N–H and O–H groups in total. The maximum absolute atomic E-state index is 6.33. The number of hydrogen-bond donors (Lipinski definition) is 1. The first-order valence-corrected chi connectivity index (χ1v) is 7.47. The number of halogens is 2. The molecule has 1 aliphatic rings. The molecular weight excluding hydrogens is 309 g/mol. The van der Waals surface area contributed by atoms with Crippen molar-refractivity contribution in [1.82, 2.24) is 5.32 Å². The van der Waals surface area contributed by atoms with Gasteiger partial charge in [-0.3, -0.25) is 0 Å². The Morgan fingerprint density at radius 1 is 1.05 bits per heavy atom. The minimum atomic E-state index is -0.0629. The van der Waals surface area contributed by atoms with Crippen LogP contribution in [-0.2, 0) is 0 Å². The molecule has 3 rings (SSSR count). The van der Waals surface area contributed by atoms with Crippen molar-refractivity contribution in [3.63, 3.8) is 0 Å². The Labute approximate surface area is 133 Å². The Balaban J connectivity index is 2.02. The van der Waals surface area contributed by atoms with Gasteiger partial charge < -0.3 is 14.8 Å². The van der Waals surface area contributed by atoms with Gasteiger partial charge in [-0.15, -0.1) is 0 Å². The average Bonchev–Trinajstić information content (AvgIpc) is 2.52. The topological polar surface area (TPSA) is 30.5 Å². The monoisotopic (exact) mass is 323 g/mol. The summed E-state index contributed by atoms with van der Waals surface area (Å²) in [5.41, 5.74) is 1.98. The van der Waals surface area contributed by atoms with Crippen LogP contribution in [0.3, 0.4) is 0 Å². The van der Waals surface area contributed by atoms with Crippen LogP contribution in [0.25, 0.3) is 0 Å². The zero-order valence-electron chi connectivity index (χ0n) is 11.5. The van der Waals surface area contributed by atoms with E-state index in [-0.39, 0.29) is 6.04 Å². The fourth-order valence-corrected chi connectivity index (χ4v) is 2.90. The van der Waals surface area contributed by atoms with E-state index >= 15 is 0 Å². The van der Waals surface area contributed by atoms with Gasteiger partial charge in [-0.05, 0) is 36.4 Å². The highest BCUT2D eigenvalue weighted by atomic mass is 35.5. The van der Waals surface area contributed by atoms with Gasteiger partial charge in [0, 0.05) is 0 Å². The van der Waals surface area contributed by atoms with Crippen molar-refractivity contribution in [3.8, 4) is 11.5 Å². The number of nitrogens with one attached hydrogen (secondary N) is 1. The van der Waals surface area contributed by atoms with Gasteiger partial charge in [-0.2, -0.15) is 0 Å². The minimum absolute atomic E-state index is 0.0629. The summed E-state index contributed by atoms with van der Waals surface area (Å²) in [6.45, 7) is 1.15. The molecule has 0 amide bonds. The van der Waals surface area contributed by atoms with Crippen LogP contribution in [0.2, 0.25) is 10.0 Å². The minimum Gasteiger partial charge on any atom is -0.486 e. The quantitative estimate of drug-likeness (QED) is 0.923. The molecule has 21 heavy (non-hydrogen) atoms. The van der Waals surface area contributed by atoms with Crippen LogP contribution >= 0.6 is 23.2 Å². The first-order chi connectivity index (χ1) is 10.2. The van der Waals surface area contributed by atoms with E-state index < -0.39 is 0 Å². The van der Waals surface area contributed by atoms with Gasteiger partial charge >= 0.3 is 0 Å². The lowest BCUT2D eigenvalue weighted by Gasteiger charge is -2.23. The molecule has 2 aromatic carbocycles. The molecule has 1 atom stereocenters. The van der Waals surface area contributed by atoms with E-state index in [1.165, 1.54) is 0 Å². The van der Waals surface area contributed by atoms with E-state index in [1.807, 2.05) is 37.4 Å². The van der Waals surface area contributed by atoms with Gasteiger partial charge in [-0.25, -0.2) is 0 Å². The van der Waals surface area contributed by atoms with Gasteiger partial charge in [0.2, 0.25) is 0 Å². The highest BCUT2D eigenvalue weighted by molar-refractivity contribution is 6.42. The molecule has 1 heterocycles. The molecule has 0 radical (unpaired) electrons. The Hall–Kier alpha value is -1.42. The number of hydrogen-bond acceptors (Lipinski definition) is 3. The largest absolute Gasteiger partial charge is 0.486 e. The summed E-state index contributed by atoms with van der Waals surface area (Å²) >= 11 is 12.4. The first-order valence-electron chi connectivity index (χ1n) is 6.71. The summed E-state index contributed by atoms with van der Waals surface area (Å²) in [6.07, 6.45) is 0. The third kappa shape index (κ3) is 2.82. The maximum atomic E-state index is 6.33. The Morgan fingerprint density at radius 2 is 1.81 bits per heavy atom. The second kappa shape index (κ2) is 6.14. The zero-order valence-corrected chi connectivity index (χ0v) is 13.0. The van der Waals surface area contributed by atoms with E-state index in [9.17, 15) is 0 Å². The van der Waals surface area contributed by atoms with Crippen molar-refractivity contribution >= 4 is 23.2 Å². The summed E-state index contributed by atoms with van der Waals surface area (Å²) < 4.78 is 11.2. The highest BCUT2D eigenvalue weighted by Crippen LogP contribution is 2.37. The average molecular weight is 324 g/mol. The van der Waals surface area contributed by atoms with Crippen LogP contribution in [0, 0.1) is 0 Å². The van der Waals surface area contributed by atoms with E-state index in [2.05, 4.69) is 5.32 Å². The molecule has 0 spiro atoms. The smallest absolute Gasteiger partial charge is 0.161 e. The fraction of sp³-hybridized carbons (Fsp3) is 0.250. The standard InChI is InChI=1S/C16H15Cl2NO2/c1-19-16(11-3-2-4-12(17)15(11)18)10-5-6-13-14(9-10)21-8-7-20-13/h2-6,9,16,19H,7-8H2,1H3. The van der Waals surface area contributed by atoms with Crippen molar-refractivity contribution in [1.29, 1.82) is 0 Å². The lowest BCUT2D eigenvalue weighted by molar-refractivity contribution is 0.171. The fourth-order valence-electron chi connectivity index (χ4n) is 2.48. The molecule has 0 saturated carbocycles. The van der Waals surface area contributed by atoms with Crippen molar-refractivity contribution < 1.29 is 9.47 Å². The summed E-state index contributed by atoms with van der Waals surface area (Å²) in [7, 11) is 1.89. The van der Waals surface area contributed by atoms with Crippen molar-refractivity contribution in [2.45, 2.75) is 6.04 Å². The SMILES string of the molecule is CNC(c1ccc2c(c1)OCCO2)c1cccc(Cl)c1Cl. The summed E-state index contributed by atoms with van der Waals surface area (Å²) in [6, 6.07) is 11.5. The van der Waals surface area contributed by atoms with Crippen molar-refractivity contribution in [3.05, 3.63) is 57.6 Å². The predicted octanol–water partition coefficient (Wildman–Crippen LogP) is 4.07. The van der Waals surface area contributed by atoms with Crippen LogP contribution in [0.15, 0.2) is 36.4 Å². The van der Waals surface area contributed by atoms with Crippen molar-refractivity contribution in [2.24, 2.45) is 0 Å². The van der Waals surface area contributed by atoms with E-state index in [0.29, 0.717) is 23.3 Å².